The van der Waals surface area contributed by atoms with Gasteiger partial charge in [0.1, 0.15) is 5.82 Å². The molecule has 3 rings (SSSR count). The van der Waals surface area contributed by atoms with Crippen molar-refractivity contribution in [3.63, 3.8) is 0 Å². The second-order valence-corrected chi connectivity index (χ2v) is 6.38. The number of carbonyl (C=O) groups is 2. The number of carbonyl (C=O) groups excluding carboxylic acids is 2. The Hall–Kier alpha value is -2.11. The minimum atomic E-state index is -0.574. The molecule has 2 aromatic carbocycles. The van der Waals surface area contributed by atoms with Gasteiger partial charge in [-0.15, -0.1) is 0 Å². The van der Waals surface area contributed by atoms with Crippen LogP contribution in [0.15, 0.2) is 42.5 Å². The molecule has 7 heteroatoms. The second kappa shape index (κ2) is 6.79. The molecule has 0 bridgehead atoms. The van der Waals surface area contributed by atoms with E-state index in [1.807, 2.05) is 0 Å². The molecule has 1 saturated heterocycles. The van der Waals surface area contributed by atoms with Gasteiger partial charge in [-0.25, -0.2) is 4.39 Å². The minimum Gasteiger partial charge on any atom is -0.326 e. The van der Waals surface area contributed by atoms with Crippen molar-refractivity contribution in [3.05, 3.63) is 58.3 Å². The Kier molecular flexibility index (Phi) is 4.73. The fourth-order valence-electron chi connectivity index (χ4n) is 2.66. The molecule has 1 aliphatic rings. The number of hydrogen-bond acceptors (Lipinski definition) is 2. The first-order chi connectivity index (χ1) is 11.4. The predicted molar refractivity (Wildman–Crippen MR) is 92.0 cm³/mol. The SMILES string of the molecule is O=C(Nc1cc(Cl)cc(Cl)c1)[C@@H]1CC(=O)N(c2ccccc2F)C1. The number of halogens is 3. The van der Waals surface area contributed by atoms with Crippen molar-refractivity contribution in [1.82, 2.24) is 0 Å². The number of nitrogens with zero attached hydrogens (tertiary/aromatic N) is 1. The molecule has 0 unspecified atom stereocenters. The highest BCUT2D eigenvalue weighted by Crippen LogP contribution is 2.29. The van der Waals surface area contributed by atoms with E-state index in [9.17, 15) is 14.0 Å². The van der Waals surface area contributed by atoms with E-state index in [1.165, 1.54) is 17.0 Å². The summed E-state index contributed by atoms with van der Waals surface area (Å²) in [6.45, 7) is 0.125. The molecule has 0 aromatic heterocycles. The zero-order chi connectivity index (χ0) is 17.3. The summed E-state index contributed by atoms with van der Waals surface area (Å²) in [4.78, 5) is 25.8. The van der Waals surface area contributed by atoms with Crippen LogP contribution in [0.1, 0.15) is 6.42 Å². The summed E-state index contributed by atoms with van der Waals surface area (Å²) in [6.07, 6.45) is 0.0223. The summed E-state index contributed by atoms with van der Waals surface area (Å²) in [6, 6.07) is 10.7. The van der Waals surface area contributed by atoms with Gasteiger partial charge in [-0.3, -0.25) is 9.59 Å². The number of para-hydroxylation sites is 1. The van der Waals surface area contributed by atoms with E-state index in [0.717, 1.165) is 0 Å². The van der Waals surface area contributed by atoms with Gasteiger partial charge in [0, 0.05) is 28.7 Å². The number of rotatable bonds is 3. The van der Waals surface area contributed by atoms with Crippen molar-refractivity contribution in [2.24, 2.45) is 5.92 Å². The molecule has 24 heavy (non-hydrogen) atoms. The van der Waals surface area contributed by atoms with Gasteiger partial charge in [-0.05, 0) is 30.3 Å². The van der Waals surface area contributed by atoms with Crippen molar-refractivity contribution in [3.8, 4) is 0 Å². The van der Waals surface area contributed by atoms with E-state index in [-0.39, 0.29) is 30.5 Å². The highest BCUT2D eigenvalue weighted by atomic mass is 35.5. The normalized spacial score (nSPS) is 17.2. The first-order valence-electron chi connectivity index (χ1n) is 7.26. The van der Waals surface area contributed by atoms with Crippen molar-refractivity contribution < 1.29 is 14.0 Å². The summed E-state index contributed by atoms with van der Waals surface area (Å²) >= 11 is 11.8. The molecular weight excluding hydrogens is 354 g/mol. The van der Waals surface area contributed by atoms with Crippen LogP contribution in [-0.2, 0) is 9.59 Å². The van der Waals surface area contributed by atoms with E-state index >= 15 is 0 Å². The van der Waals surface area contributed by atoms with Crippen LogP contribution < -0.4 is 10.2 Å². The Morgan fingerprint density at radius 1 is 1.17 bits per heavy atom. The van der Waals surface area contributed by atoms with Crippen LogP contribution in [0.3, 0.4) is 0 Å². The van der Waals surface area contributed by atoms with E-state index in [2.05, 4.69) is 5.32 Å². The minimum absolute atomic E-state index is 0.0223. The first kappa shape index (κ1) is 16.7. The van der Waals surface area contributed by atoms with Crippen molar-refractivity contribution in [1.29, 1.82) is 0 Å². The van der Waals surface area contributed by atoms with Gasteiger partial charge < -0.3 is 10.2 Å². The standard InChI is InChI=1S/C17H13Cl2FN2O2/c18-11-6-12(19)8-13(7-11)21-17(24)10-5-16(23)22(9-10)15-4-2-1-3-14(15)20/h1-4,6-8,10H,5,9H2,(H,21,24)/t10-/m1/s1. The molecule has 2 amide bonds. The van der Waals surface area contributed by atoms with Crippen molar-refractivity contribution in [2.45, 2.75) is 6.42 Å². The summed E-state index contributed by atoms with van der Waals surface area (Å²) < 4.78 is 13.9. The van der Waals surface area contributed by atoms with E-state index in [0.29, 0.717) is 15.7 Å². The number of hydrogen-bond donors (Lipinski definition) is 1. The smallest absolute Gasteiger partial charge is 0.229 e. The molecule has 0 spiro atoms. The molecule has 1 heterocycles. The Morgan fingerprint density at radius 2 is 1.83 bits per heavy atom. The first-order valence-corrected chi connectivity index (χ1v) is 8.01. The Labute approximate surface area is 148 Å². The average Bonchev–Trinajstić information content (AvgIpc) is 2.88. The highest BCUT2D eigenvalue weighted by molar-refractivity contribution is 6.35. The van der Waals surface area contributed by atoms with Gasteiger partial charge in [0.15, 0.2) is 0 Å². The maximum absolute atomic E-state index is 13.9. The van der Waals surface area contributed by atoms with Crippen LogP contribution in [0.25, 0.3) is 0 Å². The van der Waals surface area contributed by atoms with Gasteiger partial charge in [-0.1, -0.05) is 35.3 Å². The summed E-state index contributed by atoms with van der Waals surface area (Å²) in [5.41, 5.74) is 0.637. The lowest BCUT2D eigenvalue weighted by molar-refractivity contribution is -0.122. The van der Waals surface area contributed by atoms with E-state index in [1.54, 1.807) is 30.3 Å². The maximum atomic E-state index is 13.9. The summed E-state index contributed by atoms with van der Waals surface area (Å²) in [7, 11) is 0. The largest absolute Gasteiger partial charge is 0.326 e. The van der Waals surface area contributed by atoms with Crippen LogP contribution in [0, 0.1) is 11.7 Å². The number of anilines is 2. The summed E-state index contributed by atoms with van der Waals surface area (Å²) in [5.74, 6) is -1.69. The third kappa shape index (κ3) is 3.52. The van der Waals surface area contributed by atoms with Crippen LogP contribution in [0.2, 0.25) is 10.0 Å². The topological polar surface area (TPSA) is 49.4 Å². The van der Waals surface area contributed by atoms with E-state index < -0.39 is 11.7 Å². The van der Waals surface area contributed by atoms with Crippen molar-refractivity contribution >= 4 is 46.4 Å². The second-order valence-electron chi connectivity index (χ2n) is 5.50. The van der Waals surface area contributed by atoms with Gasteiger partial charge in [0.2, 0.25) is 11.8 Å². The third-order valence-corrected chi connectivity index (χ3v) is 4.21. The predicted octanol–water partition coefficient (Wildman–Crippen LogP) is 4.12. The Bertz CT molecular complexity index is 793. The quantitative estimate of drug-likeness (QED) is 0.887. The monoisotopic (exact) mass is 366 g/mol. The molecule has 1 aliphatic heterocycles. The van der Waals surface area contributed by atoms with Crippen LogP contribution in [0.5, 0.6) is 0 Å². The highest BCUT2D eigenvalue weighted by Gasteiger charge is 2.36. The van der Waals surface area contributed by atoms with Gasteiger partial charge in [0.05, 0.1) is 11.6 Å². The van der Waals surface area contributed by atoms with Gasteiger partial charge in [-0.2, -0.15) is 0 Å². The fourth-order valence-corrected chi connectivity index (χ4v) is 3.18. The Morgan fingerprint density at radius 3 is 2.50 bits per heavy atom. The number of amides is 2. The third-order valence-electron chi connectivity index (χ3n) is 3.77. The molecule has 4 nitrogen and oxygen atoms in total. The average molecular weight is 367 g/mol. The lowest BCUT2D eigenvalue weighted by Crippen LogP contribution is -2.28. The molecule has 0 aliphatic carbocycles. The van der Waals surface area contributed by atoms with E-state index in [4.69, 9.17) is 23.2 Å². The van der Waals surface area contributed by atoms with Crippen molar-refractivity contribution in [2.75, 3.05) is 16.8 Å². The summed E-state index contributed by atoms with van der Waals surface area (Å²) in [5, 5.41) is 3.49. The van der Waals surface area contributed by atoms with Gasteiger partial charge >= 0.3 is 0 Å². The fraction of sp³-hybridized carbons (Fsp3) is 0.176. The zero-order valence-electron chi connectivity index (χ0n) is 12.4. The lowest BCUT2D eigenvalue weighted by atomic mass is 10.1. The van der Waals surface area contributed by atoms with Crippen LogP contribution in [-0.4, -0.2) is 18.4 Å². The molecule has 2 aromatic rings. The molecule has 1 atom stereocenters. The Balaban J connectivity index is 1.73. The molecule has 1 N–H and O–H groups in total. The molecular formula is C17H13Cl2FN2O2. The zero-order valence-corrected chi connectivity index (χ0v) is 13.9. The number of nitrogens with one attached hydrogen (secondary N) is 1. The maximum Gasteiger partial charge on any atom is 0.229 e. The molecule has 124 valence electrons. The van der Waals surface area contributed by atoms with Crippen LogP contribution >= 0.6 is 23.2 Å². The number of benzene rings is 2. The molecule has 0 saturated carbocycles. The lowest BCUT2D eigenvalue weighted by Gasteiger charge is -2.17. The van der Waals surface area contributed by atoms with Crippen LogP contribution in [0.4, 0.5) is 15.8 Å². The van der Waals surface area contributed by atoms with Gasteiger partial charge in [0.25, 0.3) is 0 Å². The molecule has 0 radical (unpaired) electrons. The molecule has 1 fully saturated rings.